The lowest BCUT2D eigenvalue weighted by Gasteiger charge is -2.18. The molecule has 0 unspecified atom stereocenters. The van der Waals surface area contributed by atoms with E-state index in [1.807, 2.05) is 0 Å². The van der Waals surface area contributed by atoms with Crippen molar-refractivity contribution in [2.75, 3.05) is 12.8 Å². The predicted octanol–water partition coefficient (Wildman–Crippen LogP) is 4.18. The van der Waals surface area contributed by atoms with Crippen molar-refractivity contribution in [3.05, 3.63) is 64.7 Å². The van der Waals surface area contributed by atoms with E-state index in [-0.39, 0.29) is 23.6 Å². The number of carbonyl (C=O) groups is 1. The number of alkyl halides is 3. The second-order valence-corrected chi connectivity index (χ2v) is 8.51. The summed E-state index contributed by atoms with van der Waals surface area (Å²) < 4.78 is 62.1. The van der Waals surface area contributed by atoms with Crippen LogP contribution in [0, 0.1) is 0 Å². The third kappa shape index (κ3) is 5.97. The topological polar surface area (TPSA) is 54.5 Å². The maximum atomic E-state index is 12.6. The second kappa shape index (κ2) is 8.31. The molecule has 0 N–H and O–H groups in total. The molecule has 9 heteroatoms. The van der Waals surface area contributed by atoms with E-state index in [9.17, 15) is 26.4 Å². The molecule has 4 nitrogen and oxygen atoms in total. The maximum Gasteiger partial charge on any atom is 0.416 e. The summed E-state index contributed by atoms with van der Waals surface area (Å²) in [5.41, 5.74) is -0.256. The molecule has 1 amide bonds. The van der Waals surface area contributed by atoms with E-state index in [4.69, 9.17) is 11.6 Å². The average molecular weight is 420 g/mol. The molecule has 0 aliphatic carbocycles. The molecule has 0 saturated carbocycles. The fourth-order valence-electron chi connectivity index (χ4n) is 2.33. The summed E-state index contributed by atoms with van der Waals surface area (Å²) in [6.07, 6.45) is -4.65. The van der Waals surface area contributed by atoms with E-state index in [1.165, 1.54) is 48.3 Å². The summed E-state index contributed by atoms with van der Waals surface area (Å²) in [4.78, 5) is 13.5. The summed E-state index contributed by atoms with van der Waals surface area (Å²) >= 11 is 5.72. The summed E-state index contributed by atoms with van der Waals surface area (Å²) in [5.74, 6) is -0.794. The zero-order chi connectivity index (χ0) is 20.2. The van der Waals surface area contributed by atoms with Crippen LogP contribution in [0.25, 0.3) is 0 Å². The van der Waals surface area contributed by atoms with Gasteiger partial charge in [-0.1, -0.05) is 23.7 Å². The monoisotopic (exact) mass is 419 g/mol. The summed E-state index contributed by atoms with van der Waals surface area (Å²) in [7, 11) is -2.16. The molecule has 0 bridgehead atoms. The van der Waals surface area contributed by atoms with Crippen LogP contribution in [0.1, 0.15) is 17.5 Å². The Bertz CT molecular complexity index is 895. The van der Waals surface area contributed by atoms with Crippen LogP contribution in [-0.2, 0) is 27.4 Å². The van der Waals surface area contributed by atoms with Crippen LogP contribution in [0.5, 0.6) is 0 Å². The zero-order valence-corrected chi connectivity index (χ0v) is 15.9. The van der Waals surface area contributed by atoms with Gasteiger partial charge < -0.3 is 4.90 Å². The molecule has 0 atom stereocenters. The van der Waals surface area contributed by atoms with Crippen LogP contribution >= 0.6 is 11.6 Å². The molecule has 0 spiro atoms. The summed E-state index contributed by atoms with van der Waals surface area (Å²) in [6.45, 7) is 0.0813. The highest BCUT2D eigenvalue weighted by molar-refractivity contribution is 7.91. The van der Waals surface area contributed by atoms with Gasteiger partial charge in [-0.3, -0.25) is 4.79 Å². The highest BCUT2D eigenvalue weighted by Gasteiger charge is 2.30. The Kier molecular flexibility index (Phi) is 6.54. The van der Waals surface area contributed by atoms with Gasteiger partial charge in [0.25, 0.3) is 0 Å². The highest BCUT2D eigenvalue weighted by Crippen LogP contribution is 2.29. The number of carbonyl (C=O) groups excluding carboxylic acids is 1. The molecule has 0 aliphatic heterocycles. The van der Waals surface area contributed by atoms with Gasteiger partial charge in [-0.25, -0.2) is 8.42 Å². The number of nitrogens with zero attached hydrogens (tertiary/aromatic N) is 1. The first-order valence-corrected chi connectivity index (χ1v) is 9.90. The van der Waals surface area contributed by atoms with Crippen LogP contribution in [0.15, 0.2) is 53.4 Å². The third-order valence-electron chi connectivity index (χ3n) is 3.88. The smallest absolute Gasteiger partial charge is 0.341 e. The van der Waals surface area contributed by atoms with Crippen molar-refractivity contribution in [2.45, 2.75) is 24.0 Å². The zero-order valence-electron chi connectivity index (χ0n) is 14.3. The van der Waals surface area contributed by atoms with E-state index >= 15 is 0 Å². The second-order valence-electron chi connectivity index (χ2n) is 5.97. The molecular weight excluding hydrogens is 403 g/mol. The van der Waals surface area contributed by atoms with E-state index in [2.05, 4.69) is 0 Å². The minimum atomic E-state index is -4.42. The van der Waals surface area contributed by atoms with Gasteiger partial charge in [-0.05, 0) is 42.0 Å². The van der Waals surface area contributed by atoms with Crippen molar-refractivity contribution in [1.82, 2.24) is 4.90 Å². The van der Waals surface area contributed by atoms with Gasteiger partial charge in [0, 0.05) is 25.0 Å². The lowest BCUT2D eigenvalue weighted by Crippen LogP contribution is -2.28. The Morgan fingerprint density at radius 2 is 1.59 bits per heavy atom. The fourth-order valence-corrected chi connectivity index (χ4v) is 3.69. The van der Waals surface area contributed by atoms with E-state index < -0.39 is 27.5 Å². The van der Waals surface area contributed by atoms with Crippen LogP contribution in [0.4, 0.5) is 13.2 Å². The molecule has 0 aromatic heterocycles. The largest absolute Gasteiger partial charge is 0.416 e. The van der Waals surface area contributed by atoms with Crippen LogP contribution < -0.4 is 0 Å². The van der Waals surface area contributed by atoms with Crippen molar-refractivity contribution in [2.24, 2.45) is 0 Å². The first-order chi connectivity index (χ1) is 12.5. The van der Waals surface area contributed by atoms with Gasteiger partial charge in [-0.2, -0.15) is 13.2 Å². The van der Waals surface area contributed by atoms with Crippen molar-refractivity contribution < 1.29 is 26.4 Å². The Morgan fingerprint density at radius 1 is 1.04 bits per heavy atom. The summed E-state index contributed by atoms with van der Waals surface area (Å²) in [6, 6.07) is 10.1. The SMILES string of the molecule is CN(Cc1ccc(C(F)(F)F)cc1)C(=O)CCS(=O)(=O)c1ccc(Cl)cc1. The van der Waals surface area contributed by atoms with Crippen LogP contribution in [-0.4, -0.2) is 32.0 Å². The van der Waals surface area contributed by atoms with Gasteiger partial charge in [0.2, 0.25) is 5.91 Å². The van der Waals surface area contributed by atoms with Gasteiger partial charge in [0.15, 0.2) is 9.84 Å². The fraction of sp³-hybridized carbons (Fsp3) is 0.278. The first kappa shape index (κ1) is 21.2. The lowest BCUT2D eigenvalue weighted by molar-refractivity contribution is -0.137. The molecule has 0 aliphatic rings. The van der Waals surface area contributed by atoms with Crippen molar-refractivity contribution in [3.63, 3.8) is 0 Å². The van der Waals surface area contributed by atoms with Crippen molar-refractivity contribution >= 4 is 27.3 Å². The van der Waals surface area contributed by atoms with E-state index in [1.54, 1.807) is 0 Å². The molecule has 2 aromatic rings. The minimum absolute atomic E-state index is 0.0742. The van der Waals surface area contributed by atoms with Crippen molar-refractivity contribution in [3.8, 4) is 0 Å². The number of hydrogen-bond acceptors (Lipinski definition) is 3. The Labute approximate surface area is 160 Å². The molecule has 0 saturated heterocycles. The quantitative estimate of drug-likeness (QED) is 0.705. The molecule has 2 rings (SSSR count). The molecule has 0 fully saturated rings. The Morgan fingerprint density at radius 3 is 2.11 bits per heavy atom. The van der Waals surface area contributed by atoms with Gasteiger partial charge in [0.05, 0.1) is 16.2 Å². The lowest BCUT2D eigenvalue weighted by atomic mass is 10.1. The number of rotatable bonds is 6. The molecule has 2 aromatic carbocycles. The molecule has 27 heavy (non-hydrogen) atoms. The van der Waals surface area contributed by atoms with E-state index in [0.717, 1.165) is 12.1 Å². The number of sulfone groups is 1. The van der Waals surface area contributed by atoms with Gasteiger partial charge in [-0.15, -0.1) is 0 Å². The van der Waals surface area contributed by atoms with Crippen molar-refractivity contribution in [1.29, 1.82) is 0 Å². The van der Waals surface area contributed by atoms with Gasteiger partial charge in [0.1, 0.15) is 0 Å². The highest BCUT2D eigenvalue weighted by atomic mass is 35.5. The third-order valence-corrected chi connectivity index (χ3v) is 5.87. The summed E-state index contributed by atoms with van der Waals surface area (Å²) in [5, 5.41) is 0.404. The van der Waals surface area contributed by atoms with Gasteiger partial charge >= 0.3 is 6.18 Å². The number of benzene rings is 2. The standard InChI is InChI=1S/C18H17ClF3NO3S/c1-23(12-13-2-4-14(5-3-13)18(20,21)22)17(24)10-11-27(25,26)16-8-6-15(19)7-9-16/h2-9H,10-12H2,1H3. The number of hydrogen-bond donors (Lipinski definition) is 0. The minimum Gasteiger partial charge on any atom is -0.341 e. The Balaban J connectivity index is 1.94. The Hall–Kier alpha value is -2.06. The van der Waals surface area contributed by atoms with E-state index in [0.29, 0.717) is 10.6 Å². The molecular formula is C18H17ClF3NO3S. The molecule has 0 radical (unpaired) electrons. The van der Waals surface area contributed by atoms with Crippen LogP contribution in [0.2, 0.25) is 5.02 Å². The van der Waals surface area contributed by atoms with Crippen LogP contribution in [0.3, 0.4) is 0 Å². The first-order valence-electron chi connectivity index (χ1n) is 7.87. The number of halogens is 4. The molecule has 0 heterocycles. The number of amides is 1. The normalized spacial score (nSPS) is 12.0. The average Bonchev–Trinajstić information content (AvgIpc) is 2.59. The molecule has 146 valence electrons. The maximum absolute atomic E-state index is 12.6. The predicted molar refractivity (Wildman–Crippen MR) is 96.0 cm³/mol.